The van der Waals surface area contributed by atoms with Gasteiger partial charge < -0.3 is 24.8 Å². The molecular formula is C23H27F3N4O4. The maximum absolute atomic E-state index is 15.5. The third-order valence-electron chi connectivity index (χ3n) is 6.47. The van der Waals surface area contributed by atoms with E-state index < -0.39 is 29.2 Å². The lowest BCUT2D eigenvalue weighted by Crippen LogP contribution is -2.43. The summed E-state index contributed by atoms with van der Waals surface area (Å²) < 4.78 is 53.6. The van der Waals surface area contributed by atoms with Crippen LogP contribution in [0.15, 0.2) is 30.6 Å². The normalized spacial score (nSPS) is 20.7. The molecule has 2 aliphatic rings. The van der Waals surface area contributed by atoms with Gasteiger partial charge in [0.15, 0.2) is 11.6 Å². The zero-order chi connectivity index (χ0) is 24.3. The van der Waals surface area contributed by atoms with Gasteiger partial charge in [-0.25, -0.2) is 18.7 Å². The minimum atomic E-state index is -2.96. The number of hydrogen-bond acceptors (Lipinski definition) is 7. The van der Waals surface area contributed by atoms with E-state index in [1.54, 1.807) is 17.0 Å². The van der Waals surface area contributed by atoms with Gasteiger partial charge in [-0.3, -0.25) is 4.79 Å². The molecule has 2 aromatic rings. The van der Waals surface area contributed by atoms with Crippen LogP contribution in [0.25, 0.3) is 0 Å². The maximum atomic E-state index is 15.5. The predicted molar refractivity (Wildman–Crippen MR) is 118 cm³/mol. The van der Waals surface area contributed by atoms with Crippen molar-refractivity contribution < 1.29 is 32.5 Å². The van der Waals surface area contributed by atoms with E-state index in [9.17, 15) is 18.7 Å². The van der Waals surface area contributed by atoms with E-state index in [1.807, 2.05) is 0 Å². The third kappa shape index (κ3) is 4.95. The highest BCUT2D eigenvalue weighted by molar-refractivity contribution is 5.75. The van der Waals surface area contributed by atoms with Crippen molar-refractivity contribution in [2.24, 2.45) is 5.41 Å². The van der Waals surface area contributed by atoms with Crippen LogP contribution in [0, 0.1) is 11.2 Å². The topological polar surface area (TPSA) is 96.8 Å². The number of ether oxygens (including phenoxy) is 2. The Labute approximate surface area is 195 Å². The number of hydrogen-bond donors (Lipinski definition) is 2. The van der Waals surface area contributed by atoms with Crippen LogP contribution in [0.2, 0.25) is 0 Å². The monoisotopic (exact) mass is 480 g/mol. The number of aromatic nitrogens is 2. The molecule has 2 fully saturated rings. The zero-order valence-corrected chi connectivity index (χ0v) is 18.8. The van der Waals surface area contributed by atoms with Crippen LogP contribution in [-0.4, -0.2) is 60.6 Å². The number of benzene rings is 1. The number of morpholine rings is 1. The van der Waals surface area contributed by atoms with Gasteiger partial charge in [0.2, 0.25) is 5.82 Å². The highest BCUT2D eigenvalue weighted by Gasteiger charge is 2.40. The second kappa shape index (κ2) is 9.75. The van der Waals surface area contributed by atoms with Gasteiger partial charge in [-0.2, -0.15) is 4.39 Å². The van der Waals surface area contributed by atoms with Gasteiger partial charge in [0.1, 0.15) is 6.33 Å². The highest BCUT2D eigenvalue weighted by Crippen LogP contribution is 2.35. The Hall–Kier alpha value is -2.92. The van der Waals surface area contributed by atoms with Gasteiger partial charge in [-0.05, 0) is 18.4 Å². The van der Waals surface area contributed by atoms with E-state index in [0.29, 0.717) is 44.8 Å². The summed E-state index contributed by atoms with van der Waals surface area (Å²) >= 11 is 0. The van der Waals surface area contributed by atoms with Gasteiger partial charge in [0.05, 0.1) is 24.7 Å². The van der Waals surface area contributed by atoms with Gasteiger partial charge >= 0.3 is 5.97 Å². The fourth-order valence-electron chi connectivity index (χ4n) is 4.30. The molecular weight excluding hydrogens is 453 g/mol. The average molecular weight is 480 g/mol. The second-order valence-corrected chi connectivity index (χ2v) is 8.71. The Balaban J connectivity index is 1.57. The summed E-state index contributed by atoms with van der Waals surface area (Å²) in [6.45, 7) is 2.38. The molecule has 8 nitrogen and oxygen atoms in total. The summed E-state index contributed by atoms with van der Waals surface area (Å²) in [5, 5.41) is 12.6. The molecule has 0 saturated carbocycles. The van der Waals surface area contributed by atoms with Crippen LogP contribution in [0.3, 0.4) is 0 Å². The molecule has 2 N–H and O–H groups in total. The SMILES string of the molecule is CC(F)(F)c1ccc(C2COCCN2c2ncnc(NCC3(C(=O)O)CCOCC3)c2F)cc1. The zero-order valence-electron chi connectivity index (χ0n) is 18.8. The molecule has 2 aliphatic heterocycles. The van der Waals surface area contributed by atoms with Crippen LogP contribution in [0.4, 0.5) is 24.8 Å². The molecule has 1 atom stereocenters. The number of rotatable bonds is 7. The van der Waals surface area contributed by atoms with E-state index >= 15 is 4.39 Å². The van der Waals surface area contributed by atoms with Crippen molar-refractivity contribution in [2.75, 3.05) is 49.7 Å². The van der Waals surface area contributed by atoms with Crippen molar-refractivity contribution in [3.63, 3.8) is 0 Å². The van der Waals surface area contributed by atoms with Crippen molar-refractivity contribution in [3.8, 4) is 0 Å². The molecule has 1 aromatic heterocycles. The lowest BCUT2D eigenvalue weighted by atomic mass is 9.80. The summed E-state index contributed by atoms with van der Waals surface area (Å²) in [6.07, 6.45) is 1.84. The number of aliphatic carboxylic acids is 1. The number of nitrogens with zero attached hydrogens (tertiary/aromatic N) is 3. The quantitative estimate of drug-likeness (QED) is 0.621. The van der Waals surface area contributed by atoms with E-state index in [0.717, 1.165) is 6.92 Å². The predicted octanol–water partition coefficient (Wildman–Crippen LogP) is 3.60. The minimum absolute atomic E-state index is 0.00169. The first-order chi connectivity index (χ1) is 16.2. The number of nitrogens with one attached hydrogen (secondary N) is 1. The Kier molecular flexibility index (Phi) is 6.94. The van der Waals surface area contributed by atoms with Crippen LogP contribution in [-0.2, 0) is 20.2 Å². The number of alkyl halides is 2. The Morgan fingerprint density at radius 2 is 1.91 bits per heavy atom. The fourth-order valence-corrected chi connectivity index (χ4v) is 4.30. The number of halogens is 3. The molecule has 11 heteroatoms. The van der Waals surface area contributed by atoms with E-state index in [-0.39, 0.29) is 30.4 Å². The second-order valence-electron chi connectivity index (χ2n) is 8.71. The van der Waals surface area contributed by atoms with E-state index in [2.05, 4.69) is 15.3 Å². The highest BCUT2D eigenvalue weighted by atomic mass is 19.3. The Morgan fingerprint density at radius 3 is 2.56 bits per heavy atom. The summed E-state index contributed by atoms with van der Waals surface area (Å²) in [5.74, 6) is -4.69. The number of anilines is 2. The molecule has 4 rings (SSSR count). The minimum Gasteiger partial charge on any atom is -0.481 e. The number of carbonyl (C=O) groups is 1. The lowest BCUT2D eigenvalue weighted by Gasteiger charge is -2.37. The number of carboxylic acid groups (broad SMARTS) is 1. The molecule has 1 aromatic carbocycles. The smallest absolute Gasteiger partial charge is 0.311 e. The molecule has 0 radical (unpaired) electrons. The van der Waals surface area contributed by atoms with E-state index in [4.69, 9.17) is 9.47 Å². The lowest BCUT2D eigenvalue weighted by molar-refractivity contribution is -0.153. The molecule has 3 heterocycles. The molecule has 2 saturated heterocycles. The number of carboxylic acids is 1. The van der Waals surface area contributed by atoms with E-state index in [1.165, 1.54) is 18.5 Å². The first kappa shape index (κ1) is 24.2. The summed E-state index contributed by atoms with van der Waals surface area (Å²) in [5.41, 5.74) is -0.493. The van der Waals surface area contributed by atoms with Crippen LogP contribution in [0.5, 0.6) is 0 Å². The maximum Gasteiger partial charge on any atom is 0.311 e. The summed E-state index contributed by atoms with van der Waals surface area (Å²) in [7, 11) is 0. The van der Waals surface area contributed by atoms with Crippen LogP contribution >= 0.6 is 0 Å². The van der Waals surface area contributed by atoms with Crippen molar-refractivity contribution in [2.45, 2.75) is 31.7 Å². The largest absolute Gasteiger partial charge is 0.481 e. The molecule has 0 aliphatic carbocycles. The summed E-state index contributed by atoms with van der Waals surface area (Å²) in [6, 6.07) is 5.43. The average Bonchev–Trinajstić information content (AvgIpc) is 2.83. The van der Waals surface area contributed by atoms with Crippen LogP contribution < -0.4 is 10.2 Å². The molecule has 1 unspecified atom stereocenters. The van der Waals surface area contributed by atoms with Crippen molar-refractivity contribution in [1.29, 1.82) is 0 Å². The molecule has 0 bridgehead atoms. The third-order valence-corrected chi connectivity index (χ3v) is 6.47. The molecule has 184 valence electrons. The van der Waals surface area contributed by atoms with Gasteiger partial charge in [-0.1, -0.05) is 24.3 Å². The van der Waals surface area contributed by atoms with Crippen LogP contribution in [0.1, 0.15) is 36.9 Å². The first-order valence-electron chi connectivity index (χ1n) is 11.1. The van der Waals surface area contributed by atoms with Gasteiger partial charge in [0, 0.05) is 38.8 Å². The standard InChI is InChI=1S/C23H27F3N4O4/c1-22(25,26)16-4-2-15(3-5-16)17-12-34-11-8-30(17)20-18(24)19(28-14-29-20)27-13-23(21(31)32)6-9-33-10-7-23/h2-5,14,17H,6-13H2,1H3,(H,31,32)(H,27,28,29). The Morgan fingerprint density at radius 1 is 1.21 bits per heavy atom. The molecule has 0 amide bonds. The van der Waals surface area contributed by atoms with Crippen molar-refractivity contribution in [1.82, 2.24) is 9.97 Å². The van der Waals surface area contributed by atoms with Crippen molar-refractivity contribution >= 4 is 17.6 Å². The molecule has 0 spiro atoms. The van der Waals surface area contributed by atoms with Gasteiger partial charge in [-0.15, -0.1) is 0 Å². The Bertz CT molecular complexity index is 1010. The van der Waals surface area contributed by atoms with Crippen molar-refractivity contribution in [3.05, 3.63) is 47.5 Å². The fraction of sp³-hybridized carbons (Fsp3) is 0.522. The summed E-state index contributed by atoms with van der Waals surface area (Å²) in [4.78, 5) is 21.7. The molecule has 34 heavy (non-hydrogen) atoms. The first-order valence-corrected chi connectivity index (χ1v) is 11.1. The van der Waals surface area contributed by atoms with Gasteiger partial charge in [0.25, 0.3) is 5.92 Å².